The Morgan fingerprint density at radius 2 is 2.00 bits per heavy atom. The third-order valence-electron chi connectivity index (χ3n) is 2.39. The van der Waals surface area contributed by atoms with Gasteiger partial charge in [0.05, 0.1) is 4.47 Å². The molecule has 94 valence electrons. The Morgan fingerprint density at radius 3 is 2.67 bits per heavy atom. The monoisotopic (exact) mass is 370 g/mol. The molecule has 3 nitrogen and oxygen atoms in total. The number of ether oxygens (including phenoxy) is 1. The van der Waals surface area contributed by atoms with Crippen molar-refractivity contribution in [1.82, 2.24) is 4.98 Å². The zero-order valence-electron chi connectivity index (χ0n) is 9.73. The molecule has 0 aliphatic rings. The number of aromatic nitrogens is 1. The minimum Gasteiger partial charge on any atom is -0.438 e. The molecular weight excluding hydrogens is 360 g/mol. The summed E-state index contributed by atoms with van der Waals surface area (Å²) in [6, 6.07) is 9.39. The van der Waals surface area contributed by atoms with Crippen molar-refractivity contribution in [2.75, 3.05) is 0 Å². The molecule has 1 heterocycles. The molecule has 0 fully saturated rings. The van der Waals surface area contributed by atoms with Crippen LogP contribution in [-0.2, 0) is 0 Å². The van der Waals surface area contributed by atoms with Crippen molar-refractivity contribution in [1.29, 1.82) is 0 Å². The fraction of sp³-hybridized carbons (Fsp3) is 0.154. The molecule has 2 N–H and O–H groups in total. The topological polar surface area (TPSA) is 48.1 Å². The Bertz CT molecular complexity index is 558. The van der Waals surface area contributed by atoms with Gasteiger partial charge in [-0.2, -0.15) is 0 Å². The highest BCUT2D eigenvalue weighted by Crippen LogP contribution is 2.31. The van der Waals surface area contributed by atoms with E-state index in [9.17, 15) is 0 Å². The van der Waals surface area contributed by atoms with E-state index in [0.29, 0.717) is 11.6 Å². The summed E-state index contributed by atoms with van der Waals surface area (Å²) in [4.78, 5) is 4.17. The lowest BCUT2D eigenvalue weighted by Gasteiger charge is -2.10. The van der Waals surface area contributed by atoms with E-state index < -0.39 is 0 Å². The highest BCUT2D eigenvalue weighted by atomic mass is 79.9. The number of hydrogen-bond donors (Lipinski definition) is 1. The van der Waals surface area contributed by atoms with Crippen LogP contribution in [-0.4, -0.2) is 4.98 Å². The number of halogens is 2. The maximum Gasteiger partial charge on any atom is 0.219 e. The summed E-state index contributed by atoms with van der Waals surface area (Å²) in [5.74, 6) is 1.25. The molecule has 0 radical (unpaired) electrons. The van der Waals surface area contributed by atoms with E-state index >= 15 is 0 Å². The van der Waals surface area contributed by atoms with Crippen LogP contribution in [0, 0.1) is 0 Å². The summed E-state index contributed by atoms with van der Waals surface area (Å²) in [7, 11) is 0. The molecule has 2 aromatic rings. The van der Waals surface area contributed by atoms with Crippen LogP contribution in [0.25, 0.3) is 0 Å². The minimum absolute atomic E-state index is 0.0382. The maximum absolute atomic E-state index is 5.83. The molecule has 0 amide bonds. The highest BCUT2D eigenvalue weighted by Gasteiger charge is 2.06. The van der Waals surface area contributed by atoms with E-state index in [1.165, 1.54) is 0 Å². The smallest absolute Gasteiger partial charge is 0.219 e. The van der Waals surface area contributed by atoms with Crippen LogP contribution < -0.4 is 10.5 Å². The van der Waals surface area contributed by atoms with E-state index in [2.05, 4.69) is 36.8 Å². The summed E-state index contributed by atoms with van der Waals surface area (Å²) in [5, 5.41) is 0. The van der Waals surface area contributed by atoms with Gasteiger partial charge in [-0.05, 0) is 52.7 Å². The zero-order chi connectivity index (χ0) is 13.1. The first-order valence-electron chi connectivity index (χ1n) is 5.40. The van der Waals surface area contributed by atoms with Gasteiger partial charge in [-0.15, -0.1) is 0 Å². The van der Waals surface area contributed by atoms with Crippen molar-refractivity contribution < 1.29 is 4.74 Å². The standard InChI is InChI=1S/C13H12Br2N2O/c1-8(16)9-4-5-17-13(6-9)18-12-3-2-10(14)7-11(12)15/h2-8H,16H2,1H3/t8-/m1/s1. The van der Waals surface area contributed by atoms with Crippen LogP contribution in [0.4, 0.5) is 0 Å². The number of benzene rings is 1. The molecule has 2 rings (SSSR count). The van der Waals surface area contributed by atoms with Crippen LogP contribution in [0.1, 0.15) is 18.5 Å². The SMILES string of the molecule is C[C@@H](N)c1ccnc(Oc2ccc(Br)cc2Br)c1. The van der Waals surface area contributed by atoms with E-state index in [1.807, 2.05) is 37.3 Å². The molecule has 0 bridgehead atoms. The highest BCUT2D eigenvalue weighted by molar-refractivity contribution is 9.11. The molecule has 1 aromatic carbocycles. The van der Waals surface area contributed by atoms with Gasteiger partial charge >= 0.3 is 0 Å². The molecule has 1 aromatic heterocycles. The predicted octanol–water partition coefficient (Wildman–Crippen LogP) is 4.42. The first-order chi connectivity index (χ1) is 8.56. The van der Waals surface area contributed by atoms with Gasteiger partial charge in [0, 0.05) is 22.8 Å². The Kier molecular flexibility index (Phi) is 4.37. The average Bonchev–Trinajstić information content (AvgIpc) is 2.33. The number of hydrogen-bond acceptors (Lipinski definition) is 3. The van der Waals surface area contributed by atoms with E-state index in [-0.39, 0.29) is 6.04 Å². The van der Waals surface area contributed by atoms with Gasteiger partial charge in [-0.1, -0.05) is 15.9 Å². The van der Waals surface area contributed by atoms with Crippen LogP contribution >= 0.6 is 31.9 Å². The number of nitrogens with zero attached hydrogens (tertiary/aromatic N) is 1. The van der Waals surface area contributed by atoms with Crippen molar-refractivity contribution >= 4 is 31.9 Å². The van der Waals surface area contributed by atoms with Crippen molar-refractivity contribution in [2.45, 2.75) is 13.0 Å². The zero-order valence-corrected chi connectivity index (χ0v) is 12.9. The van der Waals surface area contributed by atoms with E-state index in [4.69, 9.17) is 10.5 Å². The van der Waals surface area contributed by atoms with Crippen LogP contribution in [0.2, 0.25) is 0 Å². The Balaban J connectivity index is 2.25. The van der Waals surface area contributed by atoms with E-state index in [1.54, 1.807) is 6.20 Å². The fourth-order valence-electron chi connectivity index (χ4n) is 1.43. The van der Waals surface area contributed by atoms with Crippen LogP contribution in [0.5, 0.6) is 11.6 Å². The molecule has 0 saturated carbocycles. The van der Waals surface area contributed by atoms with Crippen LogP contribution in [0.3, 0.4) is 0 Å². The van der Waals surface area contributed by atoms with Gasteiger partial charge in [0.1, 0.15) is 5.75 Å². The van der Waals surface area contributed by atoms with Gasteiger partial charge in [-0.3, -0.25) is 0 Å². The van der Waals surface area contributed by atoms with Crippen molar-refractivity contribution in [3.05, 3.63) is 51.0 Å². The Labute approximate surface area is 123 Å². The average molecular weight is 372 g/mol. The van der Waals surface area contributed by atoms with Crippen molar-refractivity contribution in [3.8, 4) is 11.6 Å². The summed E-state index contributed by atoms with van der Waals surface area (Å²) >= 11 is 6.84. The summed E-state index contributed by atoms with van der Waals surface area (Å²) in [5.41, 5.74) is 6.82. The van der Waals surface area contributed by atoms with Crippen molar-refractivity contribution in [2.24, 2.45) is 5.73 Å². The molecule has 1 atom stereocenters. The molecule has 0 aliphatic carbocycles. The van der Waals surface area contributed by atoms with Gasteiger partial charge in [-0.25, -0.2) is 4.98 Å². The van der Waals surface area contributed by atoms with Gasteiger partial charge < -0.3 is 10.5 Å². The number of nitrogens with two attached hydrogens (primary N) is 1. The molecule has 0 spiro atoms. The lowest BCUT2D eigenvalue weighted by Crippen LogP contribution is -2.05. The van der Waals surface area contributed by atoms with Gasteiger partial charge in [0.15, 0.2) is 0 Å². The van der Waals surface area contributed by atoms with Gasteiger partial charge in [0.25, 0.3) is 0 Å². The summed E-state index contributed by atoms with van der Waals surface area (Å²) < 4.78 is 7.57. The predicted molar refractivity (Wildman–Crippen MR) is 78.8 cm³/mol. The second-order valence-electron chi connectivity index (χ2n) is 3.89. The normalized spacial score (nSPS) is 12.2. The Hall–Kier alpha value is -0.910. The van der Waals surface area contributed by atoms with Crippen molar-refractivity contribution in [3.63, 3.8) is 0 Å². The molecule has 18 heavy (non-hydrogen) atoms. The second-order valence-corrected chi connectivity index (χ2v) is 5.66. The molecule has 5 heteroatoms. The fourth-order valence-corrected chi connectivity index (χ4v) is 2.56. The maximum atomic E-state index is 5.83. The third-order valence-corrected chi connectivity index (χ3v) is 3.51. The first-order valence-corrected chi connectivity index (χ1v) is 6.99. The first kappa shape index (κ1) is 13.5. The second kappa shape index (κ2) is 5.82. The van der Waals surface area contributed by atoms with Gasteiger partial charge in [0.2, 0.25) is 5.88 Å². The van der Waals surface area contributed by atoms with Crippen LogP contribution in [0.15, 0.2) is 45.5 Å². The summed E-state index contributed by atoms with van der Waals surface area (Å²) in [6.45, 7) is 1.93. The molecular formula is C13H12Br2N2O. The summed E-state index contributed by atoms with van der Waals surface area (Å²) in [6.07, 6.45) is 1.70. The quantitative estimate of drug-likeness (QED) is 0.868. The molecule has 0 unspecified atom stereocenters. The largest absolute Gasteiger partial charge is 0.438 e. The molecule has 0 saturated heterocycles. The lowest BCUT2D eigenvalue weighted by atomic mass is 10.1. The number of rotatable bonds is 3. The third kappa shape index (κ3) is 3.31. The molecule has 0 aliphatic heterocycles. The Morgan fingerprint density at radius 1 is 1.22 bits per heavy atom. The minimum atomic E-state index is -0.0382. The number of pyridine rings is 1. The lowest BCUT2D eigenvalue weighted by molar-refractivity contribution is 0.458. The van der Waals surface area contributed by atoms with E-state index in [0.717, 1.165) is 14.5 Å².